The third kappa shape index (κ3) is 10.9. The Morgan fingerprint density at radius 3 is 2.17 bits per heavy atom. The van der Waals surface area contributed by atoms with Crippen molar-refractivity contribution in [3.05, 3.63) is 125 Å². The summed E-state index contributed by atoms with van der Waals surface area (Å²) in [5, 5.41) is 0. The van der Waals surface area contributed by atoms with Crippen LogP contribution in [0.25, 0.3) is 6.08 Å². The zero-order valence-electron chi connectivity index (χ0n) is 24.4. The molecule has 0 spiro atoms. The molecule has 1 atom stereocenters. The Labute approximate surface area is 241 Å². The first kappa shape index (κ1) is 30.9. The maximum absolute atomic E-state index is 12.4. The van der Waals surface area contributed by atoms with E-state index in [9.17, 15) is 4.79 Å². The van der Waals surface area contributed by atoms with Crippen molar-refractivity contribution in [1.29, 1.82) is 0 Å². The number of unbranched alkanes of at least 4 members (excludes halogenated alkanes) is 4. The third-order valence-electron chi connectivity index (χ3n) is 7.58. The summed E-state index contributed by atoms with van der Waals surface area (Å²) < 4.78 is 10.3. The van der Waals surface area contributed by atoms with Crippen LogP contribution in [0.5, 0.6) is 0 Å². The summed E-state index contributed by atoms with van der Waals surface area (Å²) in [6.45, 7) is 3.95. The van der Waals surface area contributed by atoms with Gasteiger partial charge in [0.1, 0.15) is 0 Å². The van der Waals surface area contributed by atoms with Crippen LogP contribution in [0.15, 0.2) is 97.3 Å². The van der Waals surface area contributed by atoms with E-state index in [-0.39, 0.29) is 5.97 Å². The minimum absolute atomic E-state index is 0.274. The predicted molar refractivity (Wildman–Crippen MR) is 167 cm³/mol. The van der Waals surface area contributed by atoms with E-state index in [0.717, 1.165) is 49.8 Å². The van der Waals surface area contributed by atoms with E-state index in [4.69, 9.17) is 9.47 Å². The van der Waals surface area contributed by atoms with E-state index >= 15 is 0 Å². The lowest BCUT2D eigenvalue weighted by molar-refractivity contribution is 0.0599. The quantitative estimate of drug-likeness (QED) is 0.0919. The molecule has 0 N–H and O–H groups in total. The number of allylic oxidation sites excluding steroid dienone is 2. The van der Waals surface area contributed by atoms with Crippen LogP contribution in [0.3, 0.4) is 0 Å². The SMILES string of the molecule is C=C(CCCCC(/C=C/c1ccccc1CCCCCCc1ccccc1)Cc1ccccc1C(=O)OC)OC. The fourth-order valence-electron chi connectivity index (χ4n) is 5.19. The molecule has 1 unspecified atom stereocenters. The Morgan fingerprint density at radius 1 is 0.750 bits per heavy atom. The van der Waals surface area contributed by atoms with Gasteiger partial charge in [0.15, 0.2) is 0 Å². The standard InChI is InChI=1S/C37H46O3/c1-30(39-2)17-11-12-21-32(29-35-25-15-16-26-36(35)37(38)40-3)27-28-34-24-14-13-23-33(34)22-10-5-4-7-18-31-19-8-6-9-20-31/h6,8-9,13-16,19-20,23-28,32H,1,4-5,7,10-12,17-18,21-22,29H2,2-3H3/b28-27+. The van der Waals surface area contributed by atoms with Crippen LogP contribution in [-0.2, 0) is 28.7 Å². The van der Waals surface area contributed by atoms with Crippen molar-refractivity contribution < 1.29 is 14.3 Å². The Morgan fingerprint density at radius 2 is 1.43 bits per heavy atom. The molecule has 0 radical (unpaired) electrons. The molecular weight excluding hydrogens is 492 g/mol. The number of aryl methyl sites for hydroxylation is 2. The number of hydrogen-bond acceptors (Lipinski definition) is 3. The molecule has 3 aromatic rings. The van der Waals surface area contributed by atoms with Gasteiger partial charge in [-0.15, -0.1) is 0 Å². The van der Waals surface area contributed by atoms with Gasteiger partial charge in [-0.25, -0.2) is 4.79 Å². The molecule has 212 valence electrons. The van der Waals surface area contributed by atoms with Crippen molar-refractivity contribution in [2.45, 2.75) is 70.6 Å². The van der Waals surface area contributed by atoms with E-state index in [0.29, 0.717) is 11.5 Å². The number of ether oxygens (including phenoxy) is 2. The average Bonchev–Trinajstić information content (AvgIpc) is 3.00. The number of hydrogen-bond donors (Lipinski definition) is 0. The molecule has 0 aromatic heterocycles. The number of methoxy groups -OCH3 is 2. The van der Waals surface area contributed by atoms with E-state index < -0.39 is 0 Å². The summed E-state index contributed by atoms with van der Waals surface area (Å²) in [5.74, 6) is 0.869. The van der Waals surface area contributed by atoms with Gasteiger partial charge >= 0.3 is 5.97 Å². The smallest absolute Gasteiger partial charge is 0.338 e. The minimum Gasteiger partial charge on any atom is -0.502 e. The van der Waals surface area contributed by atoms with Gasteiger partial charge in [0, 0.05) is 6.42 Å². The van der Waals surface area contributed by atoms with E-state index in [1.807, 2.05) is 24.3 Å². The number of carbonyl (C=O) groups is 1. The highest BCUT2D eigenvalue weighted by atomic mass is 16.5. The lowest BCUT2D eigenvalue weighted by Crippen LogP contribution is -2.09. The van der Waals surface area contributed by atoms with Crippen LogP contribution in [-0.4, -0.2) is 20.2 Å². The van der Waals surface area contributed by atoms with Crippen molar-refractivity contribution in [2.75, 3.05) is 14.2 Å². The summed E-state index contributed by atoms with van der Waals surface area (Å²) >= 11 is 0. The van der Waals surface area contributed by atoms with Crippen LogP contribution >= 0.6 is 0 Å². The summed E-state index contributed by atoms with van der Waals surface area (Å²) in [4.78, 5) is 12.4. The molecular formula is C37H46O3. The fraction of sp³-hybridized carbons (Fsp3) is 0.378. The van der Waals surface area contributed by atoms with Crippen LogP contribution < -0.4 is 0 Å². The normalized spacial score (nSPS) is 11.8. The van der Waals surface area contributed by atoms with Gasteiger partial charge in [0.2, 0.25) is 0 Å². The molecule has 0 aliphatic heterocycles. The fourth-order valence-corrected chi connectivity index (χ4v) is 5.19. The van der Waals surface area contributed by atoms with E-state index in [1.54, 1.807) is 7.11 Å². The van der Waals surface area contributed by atoms with Gasteiger partial charge < -0.3 is 9.47 Å². The average molecular weight is 539 g/mol. The molecule has 0 saturated carbocycles. The highest BCUT2D eigenvalue weighted by Gasteiger charge is 2.15. The molecule has 0 heterocycles. The maximum Gasteiger partial charge on any atom is 0.338 e. The van der Waals surface area contributed by atoms with Crippen LogP contribution in [0.1, 0.15) is 84.0 Å². The highest BCUT2D eigenvalue weighted by molar-refractivity contribution is 5.91. The Kier molecular flexibility index (Phi) is 13.8. The second-order valence-corrected chi connectivity index (χ2v) is 10.6. The molecule has 0 bridgehead atoms. The number of esters is 1. The first-order valence-electron chi connectivity index (χ1n) is 14.8. The topological polar surface area (TPSA) is 35.5 Å². The van der Waals surface area contributed by atoms with Crippen molar-refractivity contribution in [2.24, 2.45) is 5.92 Å². The number of carbonyl (C=O) groups excluding carboxylic acids is 1. The molecule has 3 nitrogen and oxygen atoms in total. The van der Waals surface area contributed by atoms with Crippen LogP contribution in [0.2, 0.25) is 0 Å². The molecule has 0 amide bonds. The van der Waals surface area contributed by atoms with Crippen molar-refractivity contribution in [3.8, 4) is 0 Å². The summed E-state index contributed by atoms with van der Waals surface area (Å²) in [5.41, 5.74) is 5.83. The summed E-state index contributed by atoms with van der Waals surface area (Å²) in [7, 11) is 3.12. The highest BCUT2D eigenvalue weighted by Crippen LogP contribution is 2.24. The Bertz CT molecular complexity index is 1190. The van der Waals surface area contributed by atoms with Gasteiger partial charge in [0.25, 0.3) is 0 Å². The second kappa shape index (κ2) is 17.9. The lowest BCUT2D eigenvalue weighted by Gasteiger charge is -2.16. The van der Waals surface area contributed by atoms with Gasteiger partial charge in [0.05, 0.1) is 25.5 Å². The summed E-state index contributed by atoms with van der Waals surface area (Å²) in [6.07, 6.45) is 16.7. The lowest BCUT2D eigenvalue weighted by atomic mass is 9.90. The second-order valence-electron chi connectivity index (χ2n) is 10.6. The van der Waals surface area contributed by atoms with E-state index in [2.05, 4.69) is 73.3 Å². The first-order valence-corrected chi connectivity index (χ1v) is 14.8. The monoisotopic (exact) mass is 538 g/mol. The molecule has 0 saturated heterocycles. The number of benzene rings is 3. The van der Waals surface area contributed by atoms with Gasteiger partial charge in [-0.2, -0.15) is 0 Å². The Hall–Kier alpha value is -3.59. The van der Waals surface area contributed by atoms with Crippen LogP contribution in [0, 0.1) is 5.92 Å². The van der Waals surface area contributed by atoms with Crippen LogP contribution in [0.4, 0.5) is 0 Å². The number of rotatable bonds is 18. The molecule has 3 rings (SSSR count). The summed E-state index contributed by atoms with van der Waals surface area (Å²) in [6, 6.07) is 27.3. The van der Waals surface area contributed by atoms with Gasteiger partial charge in [-0.05, 0) is 79.2 Å². The van der Waals surface area contributed by atoms with Crippen molar-refractivity contribution in [1.82, 2.24) is 0 Å². The predicted octanol–water partition coefficient (Wildman–Crippen LogP) is 9.41. The van der Waals surface area contributed by atoms with Gasteiger partial charge in [-0.3, -0.25) is 0 Å². The molecule has 3 aromatic carbocycles. The molecule has 3 heteroatoms. The largest absolute Gasteiger partial charge is 0.502 e. The van der Waals surface area contributed by atoms with Crippen molar-refractivity contribution >= 4 is 12.0 Å². The first-order chi connectivity index (χ1) is 19.6. The Balaban J connectivity index is 1.61. The molecule has 40 heavy (non-hydrogen) atoms. The molecule has 0 aliphatic rings. The van der Waals surface area contributed by atoms with Crippen molar-refractivity contribution in [3.63, 3.8) is 0 Å². The minimum atomic E-state index is -0.274. The molecule has 0 aliphatic carbocycles. The zero-order chi connectivity index (χ0) is 28.4. The zero-order valence-corrected chi connectivity index (χ0v) is 24.4. The van der Waals surface area contributed by atoms with Gasteiger partial charge in [-0.1, -0.05) is 111 Å². The maximum atomic E-state index is 12.4. The molecule has 0 fully saturated rings. The third-order valence-corrected chi connectivity index (χ3v) is 7.58. The van der Waals surface area contributed by atoms with E-state index in [1.165, 1.54) is 55.9 Å².